The van der Waals surface area contributed by atoms with Crippen LogP contribution in [0.25, 0.3) is 0 Å². The average molecular weight is 370 g/mol. The molecule has 0 amide bonds. The molecule has 0 radical (unpaired) electrons. The van der Waals surface area contributed by atoms with Gasteiger partial charge in [-0.15, -0.1) is 0 Å². The normalized spacial score (nSPS) is 12.5. The third-order valence-electron chi connectivity index (χ3n) is 3.91. The first-order chi connectivity index (χ1) is 11.1. The fourth-order valence-corrected chi connectivity index (χ4v) is 3.52. The first-order valence-electron chi connectivity index (χ1n) is 7.89. The van der Waals surface area contributed by atoms with Gasteiger partial charge in [-0.2, -0.15) is 5.10 Å². The molecule has 1 aromatic heterocycles. The first kappa shape index (κ1) is 19.0. The summed E-state index contributed by atoms with van der Waals surface area (Å²) in [5.41, 5.74) is 1.99. The monoisotopic (exact) mass is 369 g/mol. The number of aromatic nitrogens is 2. The lowest BCUT2D eigenvalue weighted by Gasteiger charge is -2.19. The Morgan fingerprint density at radius 1 is 1.21 bits per heavy atom. The SMILES string of the molecule is Cc1c(Cl)cnn1CCCNS(=O)(=O)c1ccc(C(C)(C)C)cc1. The van der Waals surface area contributed by atoms with Crippen LogP contribution in [-0.2, 0) is 22.0 Å². The number of halogens is 1. The number of hydrogen-bond acceptors (Lipinski definition) is 3. The molecule has 0 bridgehead atoms. The average Bonchev–Trinajstić information content (AvgIpc) is 2.83. The van der Waals surface area contributed by atoms with Gasteiger partial charge < -0.3 is 0 Å². The summed E-state index contributed by atoms with van der Waals surface area (Å²) < 4.78 is 29.0. The molecule has 0 atom stereocenters. The van der Waals surface area contributed by atoms with Crippen LogP contribution >= 0.6 is 11.6 Å². The maximum Gasteiger partial charge on any atom is 0.240 e. The minimum absolute atomic E-state index is 0.00137. The molecular weight excluding hydrogens is 346 g/mol. The van der Waals surface area contributed by atoms with Crippen molar-refractivity contribution in [1.82, 2.24) is 14.5 Å². The van der Waals surface area contributed by atoms with Gasteiger partial charge in [0.1, 0.15) is 0 Å². The smallest absolute Gasteiger partial charge is 0.240 e. The summed E-state index contributed by atoms with van der Waals surface area (Å²) in [6.45, 7) is 9.13. The van der Waals surface area contributed by atoms with Crippen molar-refractivity contribution in [2.45, 2.75) is 51.0 Å². The van der Waals surface area contributed by atoms with Gasteiger partial charge in [-0.05, 0) is 36.5 Å². The second kappa shape index (κ2) is 7.25. The Morgan fingerprint density at radius 3 is 2.33 bits per heavy atom. The molecule has 0 aliphatic carbocycles. The molecule has 0 spiro atoms. The maximum atomic E-state index is 12.3. The van der Waals surface area contributed by atoms with Crippen LogP contribution in [0.2, 0.25) is 5.02 Å². The van der Waals surface area contributed by atoms with Gasteiger partial charge in [0.2, 0.25) is 10.0 Å². The number of nitrogens with one attached hydrogen (secondary N) is 1. The lowest BCUT2D eigenvalue weighted by molar-refractivity contribution is 0.546. The highest BCUT2D eigenvalue weighted by Gasteiger charge is 2.17. The van der Waals surface area contributed by atoms with E-state index in [1.807, 2.05) is 19.1 Å². The number of sulfonamides is 1. The fraction of sp³-hybridized carbons (Fsp3) is 0.471. The summed E-state index contributed by atoms with van der Waals surface area (Å²) in [5, 5.41) is 4.77. The Morgan fingerprint density at radius 2 is 1.83 bits per heavy atom. The largest absolute Gasteiger partial charge is 0.268 e. The number of nitrogens with zero attached hydrogens (tertiary/aromatic N) is 2. The summed E-state index contributed by atoms with van der Waals surface area (Å²) in [4.78, 5) is 0.286. The standard InChI is InChI=1S/C17H24ClN3O2S/c1-13-16(18)12-19-21(13)11-5-10-20-24(22,23)15-8-6-14(7-9-15)17(2,3)4/h6-9,12,20H,5,10-11H2,1-4H3. The molecule has 0 saturated heterocycles. The summed E-state index contributed by atoms with van der Waals surface area (Å²) in [7, 11) is -3.49. The molecular formula is C17H24ClN3O2S. The van der Waals surface area contributed by atoms with E-state index < -0.39 is 10.0 Å². The fourth-order valence-electron chi connectivity index (χ4n) is 2.30. The molecule has 2 aromatic rings. The zero-order valence-electron chi connectivity index (χ0n) is 14.5. The molecule has 1 heterocycles. The Balaban J connectivity index is 1.93. The zero-order chi connectivity index (χ0) is 18.0. The summed E-state index contributed by atoms with van der Waals surface area (Å²) >= 11 is 5.94. The van der Waals surface area contributed by atoms with Gasteiger partial charge in [0.05, 0.1) is 21.8 Å². The van der Waals surface area contributed by atoms with Gasteiger partial charge in [-0.25, -0.2) is 13.1 Å². The molecule has 2 rings (SSSR count). The van der Waals surface area contributed by atoms with Crippen molar-refractivity contribution >= 4 is 21.6 Å². The number of rotatable bonds is 6. The van der Waals surface area contributed by atoms with E-state index in [1.165, 1.54) is 0 Å². The van der Waals surface area contributed by atoms with Crippen molar-refractivity contribution in [2.75, 3.05) is 6.54 Å². The van der Waals surface area contributed by atoms with Crippen LogP contribution in [0.3, 0.4) is 0 Å². The Kier molecular flexibility index (Phi) is 5.73. The molecule has 5 nitrogen and oxygen atoms in total. The van der Waals surface area contributed by atoms with E-state index in [9.17, 15) is 8.42 Å². The molecule has 0 aliphatic rings. The predicted molar refractivity (Wildman–Crippen MR) is 96.9 cm³/mol. The number of aryl methyl sites for hydroxylation is 1. The maximum absolute atomic E-state index is 12.3. The van der Waals surface area contributed by atoms with Crippen molar-refractivity contribution in [3.63, 3.8) is 0 Å². The van der Waals surface area contributed by atoms with Crippen molar-refractivity contribution in [2.24, 2.45) is 0 Å². The minimum atomic E-state index is -3.49. The van der Waals surface area contributed by atoms with Gasteiger partial charge in [0.15, 0.2) is 0 Å². The van der Waals surface area contributed by atoms with Crippen LogP contribution in [-0.4, -0.2) is 24.7 Å². The summed E-state index contributed by atoms with van der Waals surface area (Å²) in [5.74, 6) is 0. The quantitative estimate of drug-likeness (QED) is 0.792. The van der Waals surface area contributed by atoms with Crippen LogP contribution in [0.4, 0.5) is 0 Å². The van der Waals surface area contributed by atoms with E-state index in [2.05, 4.69) is 30.6 Å². The van der Waals surface area contributed by atoms with Gasteiger partial charge in [-0.3, -0.25) is 4.68 Å². The zero-order valence-corrected chi connectivity index (χ0v) is 16.1. The molecule has 0 saturated carbocycles. The molecule has 0 aliphatic heterocycles. The van der Waals surface area contributed by atoms with Crippen LogP contribution in [0, 0.1) is 6.92 Å². The van der Waals surface area contributed by atoms with Crippen LogP contribution in [0.1, 0.15) is 38.4 Å². The molecule has 7 heteroatoms. The van der Waals surface area contributed by atoms with Gasteiger partial charge in [-0.1, -0.05) is 44.5 Å². The highest BCUT2D eigenvalue weighted by molar-refractivity contribution is 7.89. The van der Waals surface area contributed by atoms with Crippen molar-refractivity contribution in [1.29, 1.82) is 0 Å². The van der Waals surface area contributed by atoms with Gasteiger partial charge in [0, 0.05) is 13.1 Å². The minimum Gasteiger partial charge on any atom is -0.268 e. The van der Waals surface area contributed by atoms with E-state index in [0.717, 1.165) is 11.3 Å². The van der Waals surface area contributed by atoms with Crippen molar-refractivity contribution in [3.8, 4) is 0 Å². The second-order valence-corrected chi connectivity index (χ2v) is 9.00. The van der Waals surface area contributed by atoms with Crippen LogP contribution < -0.4 is 4.72 Å². The van der Waals surface area contributed by atoms with Crippen molar-refractivity contribution in [3.05, 3.63) is 46.7 Å². The molecule has 0 fully saturated rings. The van der Waals surface area contributed by atoms with E-state index in [4.69, 9.17) is 11.6 Å². The lowest BCUT2D eigenvalue weighted by Crippen LogP contribution is -2.26. The van der Waals surface area contributed by atoms with E-state index >= 15 is 0 Å². The predicted octanol–water partition coefficient (Wildman–Crippen LogP) is 3.51. The van der Waals surface area contributed by atoms with Crippen LogP contribution in [0.15, 0.2) is 35.4 Å². The highest BCUT2D eigenvalue weighted by atomic mass is 35.5. The Bertz CT molecular complexity index is 790. The Labute approximate surface area is 149 Å². The van der Waals surface area contributed by atoms with E-state index in [1.54, 1.807) is 23.0 Å². The first-order valence-corrected chi connectivity index (χ1v) is 9.75. The van der Waals surface area contributed by atoms with E-state index in [-0.39, 0.29) is 10.3 Å². The number of hydrogen-bond donors (Lipinski definition) is 1. The van der Waals surface area contributed by atoms with E-state index in [0.29, 0.717) is 24.5 Å². The third-order valence-corrected chi connectivity index (χ3v) is 5.76. The topological polar surface area (TPSA) is 64.0 Å². The molecule has 1 aromatic carbocycles. The third kappa shape index (κ3) is 4.59. The second-order valence-electron chi connectivity index (χ2n) is 6.83. The highest BCUT2D eigenvalue weighted by Crippen LogP contribution is 2.23. The molecule has 1 N–H and O–H groups in total. The summed E-state index contributed by atoms with van der Waals surface area (Å²) in [6, 6.07) is 7.04. The van der Waals surface area contributed by atoms with Gasteiger partial charge >= 0.3 is 0 Å². The lowest BCUT2D eigenvalue weighted by atomic mass is 9.87. The van der Waals surface area contributed by atoms with Gasteiger partial charge in [0.25, 0.3) is 0 Å². The Hall–Kier alpha value is -1.37. The molecule has 132 valence electrons. The number of benzene rings is 1. The molecule has 0 unspecified atom stereocenters. The van der Waals surface area contributed by atoms with Crippen LogP contribution in [0.5, 0.6) is 0 Å². The van der Waals surface area contributed by atoms with Crippen molar-refractivity contribution < 1.29 is 8.42 Å². The molecule has 24 heavy (non-hydrogen) atoms. The summed E-state index contributed by atoms with van der Waals surface area (Å²) in [6.07, 6.45) is 2.23.